The van der Waals surface area contributed by atoms with E-state index in [9.17, 15) is 15.2 Å². The summed E-state index contributed by atoms with van der Waals surface area (Å²) in [7, 11) is 0. The average molecular weight is 267 g/mol. The Balaban J connectivity index is 2.25. The summed E-state index contributed by atoms with van der Waals surface area (Å²) in [6, 6.07) is 5.03. The van der Waals surface area contributed by atoms with Gasteiger partial charge in [0.05, 0.1) is 15.9 Å². The topological polar surface area (TPSA) is 63.4 Å². The van der Waals surface area contributed by atoms with Gasteiger partial charge in [-0.05, 0) is 31.4 Å². The van der Waals surface area contributed by atoms with E-state index < -0.39 is 6.10 Å². The lowest BCUT2D eigenvalue weighted by atomic mass is 10.1. The Morgan fingerprint density at radius 1 is 1.44 bits per heavy atom. The molecule has 0 bridgehead atoms. The van der Waals surface area contributed by atoms with Gasteiger partial charge in [0.1, 0.15) is 0 Å². The highest BCUT2D eigenvalue weighted by atomic mass is 32.2. The molecule has 5 heteroatoms. The lowest BCUT2D eigenvalue weighted by molar-refractivity contribution is -0.387. The SMILES string of the molecule is C[C@H](O)c1ccc(SC2CCCC2)c([N+](=O)[O-])c1. The normalized spacial score (nSPS) is 17.9. The number of thioether (sulfide) groups is 1. The summed E-state index contributed by atoms with van der Waals surface area (Å²) >= 11 is 1.60. The van der Waals surface area contributed by atoms with Gasteiger partial charge in [-0.15, -0.1) is 11.8 Å². The first-order chi connectivity index (χ1) is 8.58. The number of benzene rings is 1. The van der Waals surface area contributed by atoms with Crippen molar-refractivity contribution in [3.05, 3.63) is 33.9 Å². The zero-order valence-electron chi connectivity index (χ0n) is 10.3. The van der Waals surface area contributed by atoms with Gasteiger partial charge in [0.15, 0.2) is 0 Å². The van der Waals surface area contributed by atoms with Gasteiger partial charge in [0.25, 0.3) is 5.69 Å². The second-order valence-corrected chi connectivity index (χ2v) is 6.03. The number of nitrogens with zero attached hydrogens (tertiary/aromatic N) is 1. The Morgan fingerprint density at radius 2 is 2.11 bits per heavy atom. The number of nitro groups is 1. The molecular weight excluding hydrogens is 250 g/mol. The maximum Gasteiger partial charge on any atom is 0.283 e. The van der Waals surface area contributed by atoms with Gasteiger partial charge in [0, 0.05) is 11.3 Å². The largest absolute Gasteiger partial charge is 0.389 e. The molecule has 0 spiro atoms. The summed E-state index contributed by atoms with van der Waals surface area (Å²) in [6.07, 6.45) is 4.04. The molecule has 0 saturated heterocycles. The minimum absolute atomic E-state index is 0.116. The monoisotopic (exact) mass is 267 g/mol. The molecule has 1 aliphatic rings. The molecule has 0 aromatic heterocycles. The highest BCUT2D eigenvalue weighted by Crippen LogP contribution is 2.39. The molecule has 4 nitrogen and oxygen atoms in total. The molecule has 1 saturated carbocycles. The van der Waals surface area contributed by atoms with E-state index >= 15 is 0 Å². The van der Waals surface area contributed by atoms with Crippen LogP contribution in [0.15, 0.2) is 23.1 Å². The minimum Gasteiger partial charge on any atom is -0.389 e. The highest BCUT2D eigenvalue weighted by molar-refractivity contribution is 8.00. The van der Waals surface area contributed by atoms with Crippen molar-refractivity contribution in [2.45, 2.75) is 48.9 Å². The van der Waals surface area contributed by atoms with E-state index in [0.29, 0.717) is 10.8 Å². The predicted octanol–water partition coefficient (Wildman–Crippen LogP) is 3.68. The molecule has 0 unspecified atom stereocenters. The smallest absolute Gasteiger partial charge is 0.283 e. The second kappa shape index (κ2) is 5.71. The molecule has 18 heavy (non-hydrogen) atoms. The van der Waals surface area contributed by atoms with E-state index in [1.54, 1.807) is 30.8 Å². The number of aliphatic hydroxyl groups is 1. The molecule has 0 radical (unpaired) electrons. The molecule has 1 aromatic carbocycles. The molecule has 0 heterocycles. The predicted molar refractivity (Wildman–Crippen MR) is 71.8 cm³/mol. The van der Waals surface area contributed by atoms with E-state index in [1.807, 2.05) is 0 Å². The van der Waals surface area contributed by atoms with Crippen LogP contribution in [0.5, 0.6) is 0 Å². The second-order valence-electron chi connectivity index (χ2n) is 4.68. The van der Waals surface area contributed by atoms with Gasteiger partial charge >= 0.3 is 0 Å². The van der Waals surface area contributed by atoms with Crippen LogP contribution in [-0.2, 0) is 0 Å². The van der Waals surface area contributed by atoms with Crippen LogP contribution in [0.25, 0.3) is 0 Å². The maximum atomic E-state index is 11.1. The molecule has 1 aromatic rings. The first kappa shape index (κ1) is 13.4. The molecule has 1 N–H and O–H groups in total. The molecule has 0 amide bonds. The fourth-order valence-electron chi connectivity index (χ4n) is 2.22. The van der Waals surface area contributed by atoms with Crippen LogP contribution in [0.4, 0.5) is 5.69 Å². The van der Waals surface area contributed by atoms with Gasteiger partial charge in [-0.2, -0.15) is 0 Å². The van der Waals surface area contributed by atoms with Gasteiger partial charge in [0.2, 0.25) is 0 Å². The first-order valence-electron chi connectivity index (χ1n) is 6.21. The van der Waals surface area contributed by atoms with E-state index in [-0.39, 0.29) is 10.6 Å². The van der Waals surface area contributed by atoms with Gasteiger partial charge in [-0.25, -0.2) is 0 Å². The Labute approximate surface area is 111 Å². The molecule has 1 aliphatic carbocycles. The summed E-state index contributed by atoms with van der Waals surface area (Å²) in [5.74, 6) is 0. The van der Waals surface area contributed by atoms with Crippen molar-refractivity contribution in [1.82, 2.24) is 0 Å². The van der Waals surface area contributed by atoms with Crippen molar-refractivity contribution >= 4 is 17.4 Å². The standard InChI is InChI=1S/C13H17NO3S/c1-9(15)10-6-7-13(12(8-10)14(16)17)18-11-4-2-3-5-11/h6-9,11,15H,2-5H2,1H3/t9-/m0/s1. The van der Waals surface area contributed by atoms with Crippen LogP contribution < -0.4 is 0 Å². The van der Waals surface area contributed by atoms with Crippen molar-refractivity contribution in [1.29, 1.82) is 0 Å². The molecule has 98 valence electrons. The first-order valence-corrected chi connectivity index (χ1v) is 7.09. The number of aliphatic hydroxyl groups excluding tert-OH is 1. The van der Waals surface area contributed by atoms with Crippen LogP contribution in [0.2, 0.25) is 0 Å². The Kier molecular flexibility index (Phi) is 4.24. The van der Waals surface area contributed by atoms with E-state index in [0.717, 1.165) is 17.7 Å². The third-order valence-electron chi connectivity index (χ3n) is 3.26. The molecule has 2 rings (SSSR count). The van der Waals surface area contributed by atoms with Crippen molar-refractivity contribution in [2.24, 2.45) is 0 Å². The van der Waals surface area contributed by atoms with E-state index in [4.69, 9.17) is 0 Å². The quantitative estimate of drug-likeness (QED) is 0.667. The number of hydrogen-bond acceptors (Lipinski definition) is 4. The van der Waals surface area contributed by atoms with E-state index in [2.05, 4.69) is 0 Å². The Bertz CT molecular complexity index is 442. The van der Waals surface area contributed by atoms with Crippen molar-refractivity contribution in [3.8, 4) is 0 Å². The summed E-state index contributed by atoms with van der Waals surface area (Å²) in [6.45, 7) is 1.61. The van der Waals surface area contributed by atoms with Crippen LogP contribution in [0, 0.1) is 10.1 Å². The minimum atomic E-state index is -0.672. The summed E-state index contributed by atoms with van der Waals surface area (Å²) in [5.41, 5.74) is 0.711. The summed E-state index contributed by atoms with van der Waals surface area (Å²) in [4.78, 5) is 11.4. The number of rotatable bonds is 4. The zero-order chi connectivity index (χ0) is 13.1. The van der Waals surface area contributed by atoms with Gasteiger partial charge in [-0.3, -0.25) is 10.1 Å². The lowest BCUT2D eigenvalue weighted by Gasteiger charge is -2.11. The van der Waals surface area contributed by atoms with Crippen LogP contribution in [0.3, 0.4) is 0 Å². The summed E-state index contributed by atoms with van der Waals surface area (Å²) in [5, 5.41) is 21.1. The van der Waals surface area contributed by atoms with Gasteiger partial charge in [-0.1, -0.05) is 18.9 Å². The third-order valence-corrected chi connectivity index (χ3v) is 4.66. The van der Waals surface area contributed by atoms with Gasteiger partial charge < -0.3 is 5.11 Å². The van der Waals surface area contributed by atoms with Crippen LogP contribution in [-0.4, -0.2) is 15.3 Å². The lowest BCUT2D eigenvalue weighted by Crippen LogP contribution is -1.99. The molecular formula is C13H17NO3S. The zero-order valence-corrected chi connectivity index (χ0v) is 11.2. The fourth-order valence-corrected chi connectivity index (χ4v) is 3.55. The maximum absolute atomic E-state index is 11.1. The number of hydrogen-bond donors (Lipinski definition) is 1. The third kappa shape index (κ3) is 3.03. The van der Waals surface area contributed by atoms with Crippen LogP contribution >= 0.6 is 11.8 Å². The van der Waals surface area contributed by atoms with E-state index in [1.165, 1.54) is 18.9 Å². The Hall–Kier alpha value is -1.07. The Morgan fingerprint density at radius 3 is 2.67 bits per heavy atom. The van der Waals surface area contributed by atoms with Crippen molar-refractivity contribution < 1.29 is 10.0 Å². The average Bonchev–Trinajstić information content (AvgIpc) is 2.81. The fraction of sp³-hybridized carbons (Fsp3) is 0.538. The number of nitro benzene ring substituents is 1. The summed E-state index contributed by atoms with van der Waals surface area (Å²) < 4.78 is 0. The van der Waals surface area contributed by atoms with Crippen LogP contribution in [0.1, 0.15) is 44.3 Å². The van der Waals surface area contributed by atoms with Crippen molar-refractivity contribution in [2.75, 3.05) is 0 Å². The van der Waals surface area contributed by atoms with Crippen molar-refractivity contribution in [3.63, 3.8) is 0 Å². The molecule has 0 aliphatic heterocycles. The molecule has 1 atom stereocenters. The highest BCUT2D eigenvalue weighted by Gasteiger charge is 2.22. The molecule has 1 fully saturated rings.